The number of aliphatic hydroxyl groups excluding tert-OH is 2. The maximum Gasteiger partial charge on any atom is 0.197 e. The minimum atomic E-state index is -0.513. The van der Waals surface area contributed by atoms with Gasteiger partial charge in [0.25, 0.3) is 0 Å². The predicted octanol–water partition coefficient (Wildman–Crippen LogP) is 5.49. The highest BCUT2D eigenvalue weighted by atomic mass is 19.1. The first kappa shape index (κ1) is 24.1. The molecule has 0 aliphatic carbocycles. The standard InChI is InChI=1S/C24H32F2O4/c25-20-11-9-10-19(18-20)21-12-13-22(26)24(30-17-8-4-2-6-15-28)23(21)29-16-7-3-1-5-14-27/h9-13,18,27-28H,1-8,14-17H2. The van der Waals surface area contributed by atoms with Crippen molar-refractivity contribution in [2.45, 2.75) is 51.4 Å². The number of rotatable bonds is 15. The van der Waals surface area contributed by atoms with Crippen LogP contribution in [0.5, 0.6) is 11.5 Å². The highest BCUT2D eigenvalue weighted by Crippen LogP contribution is 2.40. The quantitative estimate of drug-likeness (QED) is 0.372. The van der Waals surface area contributed by atoms with Crippen LogP contribution in [0, 0.1) is 11.6 Å². The summed E-state index contributed by atoms with van der Waals surface area (Å²) in [5, 5.41) is 17.7. The molecule has 30 heavy (non-hydrogen) atoms. The Kier molecular flexibility index (Phi) is 11.2. The fourth-order valence-corrected chi connectivity index (χ4v) is 3.18. The Hall–Kier alpha value is -2.18. The molecule has 0 amide bonds. The molecule has 0 aliphatic rings. The van der Waals surface area contributed by atoms with Gasteiger partial charge in [-0.15, -0.1) is 0 Å². The summed E-state index contributed by atoms with van der Waals surface area (Å²) in [7, 11) is 0. The Balaban J connectivity index is 2.15. The van der Waals surface area contributed by atoms with Crippen LogP contribution in [0.1, 0.15) is 51.4 Å². The molecule has 0 fully saturated rings. The molecule has 0 bridgehead atoms. The largest absolute Gasteiger partial charge is 0.489 e. The first-order valence-electron chi connectivity index (χ1n) is 10.7. The van der Waals surface area contributed by atoms with Gasteiger partial charge in [-0.25, -0.2) is 8.78 Å². The van der Waals surface area contributed by atoms with E-state index in [1.165, 1.54) is 18.2 Å². The van der Waals surface area contributed by atoms with Crippen molar-refractivity contribution < 1.29 is 28.5 Å². The van der Waals surface area contributed by atoms with Crippen LogP contribution in [0.3, 0.4) is 0 Å². The van der Waals surface area contributed by atoms with Crippen LogP contribution in [-0.4, -0.2) is 36.6 Å². The zero-order chi connectivity index (χ0) is 21.6. The summed E-state index contributed by atoms with van der Waals surface area (Å²) in [6, 6.07) is 9.00. The predicted molar refractivity (Wildman–Crippen MR) is 114 cm³/mol. The third kappa shape index (κ3) is 7.92. The van der Waals surface area contributed by atoms with Gasteiger partial charge in [0.1, 0.15) is 5.82 Å². The molecule has 0 aliphatic heterocycles. The number of hydrogen-bond acceptors (Lipinski definition) is 4. The van der Waals surface area contributed by atoms with E-state index in [1.807, 2.05) is 0 Å². The molecule has 0 saturated heterocycles. The topological polar surface area (TPSA) is 58.9 Å². The van der Waals surface area contributed by atoms with Crippen molar-refractivity contribution in [2.24, 2.45) is 0 Å². The van der Waals surface area contributed by atoms with Crippen LogP contribution in [0.25, 0.3) is 11.1 Å². The van der Waals surface area contributed by atoms with Gasteiger partial charge in [-0.1, -0.05) is 25.0 Å². The second kappa shape index (κ2) is 13.9. The van der Waals surface area contributed by atoms with Crippen molar-refractivity contribution in [3.05, 3.63) is 48.0 Å². The molecule has 2 aromatic rings. The molecule has 166 valence electrons. The van der Waals surface area contributed by atoms with Gasteiger partial charge in [-0.2, -0.15) is 0 Å². The third-order valence-corrected chi connectivity index (χ3v) is 4.80. The molecule has 0 unspecified atom stereocenters. The maximum absolute atomic E-state index is 14.6. The van der Waals surface area contributed by atoms with E-state index in [1.54, 1.807) is 18.2 Å². The van der Waals surface area contributed by atoms with Crippen molar-refractivity contribution >= 4 is 0 Å². The van der Waals surface area contributed by atoms with Crippen LogP contribution >= 0.6 is 0 Å². The Labute approximate surface area is 177 Å². The molecule has 0 spiro atoms. The van der Waals surface area contributed by atoms with E-state index in [-0.39, 0.29) is 30.5 Å². The summed E-state index contributed by atoms with van der Waals surface area (Å²) in [6.45, 7) is 1.05. The van der Waals surface area contributed by atoms with Crippen molar-refractivity contribution in [1.82, 2.24) is 0 Å². The summed E-state index contributed by atoms with van der Waals surface area (Å²) in [6.07, 6.45) is 6.57. The highest BCUT2D eigenvalue weighted by Gasteiger charge is 2.18. The highest BCUT2D eigenvalue weighted by molar-refractivity contribution is 5.74. The smallest absolute Gasteiger partial charge is 0.197 e. The van der Waals surface area contributed by atoms with Gasteiger partial charge in [-0.3, -0.25) is 0 Å². The van der Waals surface area contributed by atoms with Gasteiger partial charge in [-0.05, 0) is 68.4 Å². The van der Waals surface area contributed by atoms with E-state index >= 15 is 0 Å². The summed E-state index contributed by atoms with van der Waals surface area (Å²) in [4.78, 5) is 0. The minimum absolute atomic E-state index is 0.0503. The van der Waals surface area contributed by atoms with Crippen molar-refractivity contribution in [1.29, 1.82) is 0 Å². The summed E-state index contributed by atoms with van der Waals surface area (Å²) >= 11 is 0. The van der Waals surface area contributed by atoms with E-state index in [0.29, 0.717) is 24.3 Å². The number of ether oxygens (including phenoxy) is 2. The number of halogens is 2. The molecule has 2 rings (SSSR count). The molecular weight excluding hydrogens is 390 g/mol. The van der Waals surface area contributed by atoms with Gasteiger partial charge in [0.15, 0.2) is 17.3 Å². The monoisotopic (exact) mass is 422 g/mol. The van der Waals surface area contributed by atoms with Gasteiger partial charge < -0.3 is 19.7 Å². The van der Waals surface area contributed by atoms with Crippen LogP contribution in [0.4, 0.5) is 8.78 Å². The zero-order valence-corrected chi connectivity index (χ0v) is 17.4. The molecule has 0 atom stereocenters. The average Bonchev–Trinajstić information content (AvgIpc) is 2.74. The zero-order valence-electron chi connectivity index (χ0n) is 17.4. The molecule has 2 N–H and O–H groups in total. The molecule has 0 aromatic heterocycles. The summed E-state index contributed by atoms with van der Waals surface area (Å²) in [5.41, 5.74) is 1.18. The van der Waals surface area contributed by atoms with Gasteiger partial charge >= 0.3 is 0 Å². The van der Waals surface area contributed by atoms with Crippen LogP contribution in [0.15, 0.2) is 36.4 Å². The third-order valence-electron chi connectivity index (χ3n) is 4.80. The Bertz CT molecular complexity index is 752. The lowest BCUT2D eigenvalue weighted by molar-refractivity contribution is 0.244. The van der Waals surface area contributed by atoms with Crippen LogP contribution in [-0.2, 0) is 0 Å². The summed E-state index contributed by atoms with van der Waals surface area (Å²) in [5.74, 6) is -0.550. The second-order valence-electron chi connectivity index (χ2n) is 7.24. The lowest BCUT2D eigenvalue weighted by atomic mass is 10.0. The molecular formula is C24H32F2O4. The molecule has 6 heteroatoms. The number of hydrogen-bond donors (Lipinski definition) is 2. The lowest BCUT2D eigenvalue weighted by Crippen LogP contribution is -2.06. The van der Waals surface area contributed by atoms with Crippen LogP contribution < -0.4 is 9.47 Å². The first-order valence-corrected chi connectivity index (χ1v) is 10.7. The first-order chi connectivity index (χ1) is 14.7. The van der Waals surface area contributed by atoms with E-state index in [2.05, 4.69) is 0 Å². The minimum Gasteiger partial charge on any atom is -0.489 e. The fraction of sp³-hybridized carbons (Fsp3) is 0.500. The lowest BCUT2D eigenvalue weighted by Gasteiger charge is -2.18. The van der Waals surface area contributed by atoms with Gasteiger partial charge in [0.2, 0.25) is 0 Å². The number of benzene rings is 2. The second-order valence-corrected chi connectivity index (χ2v) is 7.24. The Morgan fingerprint density at radius 2 is 1.27 bits per heavy atom. The van der Waals surface area contributed by atoms with E-state index in [0.717, 1.165) is 51.4 Å². The molecule has 4 nitrogen and oxygen atoms in total. The Morgan fingerprint density at radius 3 is 1.87 bits per heavy atom. The van der Waals surface area contributed by atoms with Crippen molar-refractivity contribution in [3.63, 3.8) is 0 Å². The van der Waals surface area contributed by atoms with Gasteiger partial charge in [0.05, 0.1) is 13.2 Å². The average molecular weight is 423 g/mol. The normalized spacial score (nSPS) is 10.9. The molecule has 0 heterocycles. The van der Waals surface area contributed by atoms with Crippen molar-refractivity contribution in [2.75, 3.05) is 26.4 Å². The van der Waals surface area contributed by atoms with E-state index < -0.39 is 5.82 Å². The molecule has 0 saturated carbocycles. The maximum atomic E-state index is 14.6. The van der Waals surface area contributed by atoms with E-state index in [9.17, 15) is 8.78 Å². The van der Waals surface area contributed by atoms with Gasteiger partial charge in [0, 0.05) is 18.8 Å². The van der Waals surface area contributed by atoms with Crippen molar-refractivity contribution in [3.8, 4) is 22.6 Å². The summed E-state index contributed by atoms with van der Waals surface area (Å²) < 4.78 is 40.0. The Morgan fingerprint density at radius 1 is 0.667 bits per heavy atom. The molecule has 0 radical (unpaired) electrons. The van der Waals surface area contributed by atoms with Crippen LogP contribution in [0.2, 0.25) is 0 Å². The molecule has 2 aromatic carbocycles. The number of unbranched alkanes of at least 4 members (excludes halogenated alkanes) is 6. The number of aliphatic hydroxyl groups is 2. The fourth-order valence-electron chi connectivity index (χ4n) is 3.18. The SMILES string of the molecule is OCCCCCCOc1c(F)ccc(-c2cccc(F)c2)c1OCCCCCCO. The van der Waals surface area contributed by atoms with E-state index in [4.69, 9.17) is 19.7 Å².